The molecule has 0 aliphatic heterocycles. The molecule has 0 heterocycles. The van der Waals surface area contributed by atoms with Crippen LogP contribution in [0.4, 0.5) is 0 Å². The monoisotopic (exact) mass is 302 g/mol. The van der Waals surface area contributed by atoms with Gasteiger partial charge >= 0.3 is 11.9 Å². The molecule has 0 aromatic heterocycles. The molecule has 0 spiro atoms. The van der Waals surface area contributed by atoms with Crippen LogP contribution in [-0.4, -0.2) is 43.2 Å². The number of esters is 1. The van der Waals surface area contributed by atoms with E-state index in [4.69, 9.17) is 19.3 Å². The van der Waals surface area contributed by atoms with Crippen LogP contribution < -0.4 is 0 Å². The van der Waals surface area contributed by atoms with Crippen LogP contribution in [0.3, 0.4) is 0 Å². The Morgan fingerprint density at radius 3 is 2.43 bits per heavy atom. The second-order valence-corrected chi connectivity index (χ2v) is 5.48. The molecule has 1 fully saturated rings. The Kier molecular flexibility index (Phi) is 8.30. The van der Waals surface area contributed by atoms with Gasteiger partial charge in [-0.15, -0.1) is 0 Å². The van der Waals surface area contributed by atoms with Gasteiger partial charge < -0.3 is 19.3 Å². The first-order valence-corrected chi connectivity index (χ1v) is 7.63. The zero-order valence-corrected chi connectivity index (χ0v) is 12.9. The average molecular weight is 302 g/mol. The van der Waals surface area contributed by atoms with Gasteiger partial charge in [0.25, 0.3) is 0 Å². The molecule has 1 aliphatic carbocycles. The van der Waals surface area contributed by atoms with E-state index in [1.165, 1.54) is 0 Å². The Hall–Kier alpha value is -1.14. The molecule has 0 amide bonds. The van der Waals surface area contributed by atoms with Crippen molar-refractivity contribution >= 4 is 11.9 Å². The predicted molar refractivity (Wildman–Crippen MR) is 75.7 cm³/mol. The third-order valence-corrected chi connectivity index (χ3v) is 3.90. The minimum Gasteiger partial charge on any atom is -0.481 e. The van der Waals surface area contributed by atoms with Gasteiger partial charge in [0.05, 0.1) is 24.5 Å². The molecular weight excluding hydrogens is 276 g/mol. The molecule has 0 aromatic rings. The average Bonchev–Trinajstić information content (AvgIpc) is 2.50. The molecule has 0 radical (unpaired) electrons. The van der Waals surface area contributed by atoms with Crippen LogP contribution in [0.2, 0.25) is 0 Å². The van der Waals surface area contributed by atoms with Crippen molar-refractivity contribution in [2.45, 2.75) is 52.1 Å². The zero-order valence-electron chi connectivity index (χ0n) is 12.9. The Balaban J connectivity index is 1.98. The molecule has 1 atom stereocenters. The zero-order chi connectivity index (χ0) is 15.7. The second-order valence-electron chi connectivity index (χ2n) is 5.48. The number of carbonyl (C=O) groups is 2. The van der Waals surface area contributed by atoms with Crippen molar-refractivity contribution in [1.29, 1.82) is 0 Å². The highest BCUT2D eigenvalue weighted by atomic mass is 16.7. The van der Waals surface area contributed by atoms with Crippen LogP contribution in [0, 0.1) is 11.8 Å². The van der Waals surface area contributed by atoms with E-state index in [2.05, 4.69) is 0 Å². The lowest BCUT2D eigenvalue weighted by Gasteiger charge is -2.25. The summed E-state index contributed by atoms with van der Waals surface area (Å²) < 4.78 is 15.8. The Morgan fingerprint density at radius 1 is 1.19 bits per heavy atom. The van der Waals surface area contributed by atoms with Gasteiger partial charge in [-0.25, -0.2) is 0 Å². The SMILES string of the molecule is CCC(C)C(=O)OCCOCOC1CCC(C(=O)O)CC1. The molecule has 6 heteroatoms. The van der Waals surface area contributed by atoms with Crippen LogP contribution in [0.15, 0.2) is 0 Å². The summed E-state index contributed by atoms with van der Waals surface area (Å²) in [5.41, 5.74) is 0. The molecule has 0 bridgehead atoms. The van der Waals surface area contributed by atoms with E-state index in [1.54, 1.807) is 0 Å². The molecule has 1 aliphatic rings. The number of aliphatic carboxylic acids is 1. The first kappa shape index (κ1) is 17.9. The van der Waals surface area contributed by atoms with E-state index in [0.29, 0.717) is 19.4 Å². The van der Waals surface area contributed by atoms with Crippen LogP contribution in [-0.2, 0) is 23.8 Å². The lowest BCUT2D eigenvalue weighted by molar-refractivity contribution is -0.154. The number of hydrogen-bond acceptors (Lipinski definition) is 5. The number of carbonyl (C=O) groups excluding carboxylic acids is 1. The lowest BCUT2D eigenvalue weighted by Crippen LogP contribution is -2.27. The van der Waals surface area contributed by atoms with E-state index in [0.717, 1.165) is 19.3 Å². The summed E-state index contributed by atoms with van der Waals surface area (Å²) >= 11 is 0. The molecule has 1 N–H and O–H groups in total. The molecule has 122 valence electrons. The highest BCUT2D eigenvalue weighted by Crippen LogP contribution is 2.26. The number of hydrogen-bond donors (Lipinski definition) is 1. The van der Waals surface area contributed by atoms with E-state index >= 15 is 0 Å². The van der Waals surface area contributed by atoms with Crippen LogP contribution in [0.1, 0.15) is 46.0 Å². The molecule has 1 unspecified atom stereocenters. The van der Waals surface area contributed by atoms with Crippen molar-refractivity contribution in [2.75, 3.05) is 20.0 Å². The Bertz CT molecular complexity index is 322. The minimum absolute atomic E-state index is 0.0725. The van der Waals surface area contributed by atoms with Crippen LogP contribution >= 0.6 is 0 Å². The summed E-state index contributed by atoms with van der Waals surface area (Å²) in [7, 11) is 0. The summed E-state index contributed by atoms with van der Waals surface area (Å²) in [6.45, 7) is 4.48. The normalized spacial score (nSPS) is 23.5. The number of carboxylic acid groups (broad SMARTS) is 1. The Labute approximate surface area is 125 Å². The molecular formula is C15H26O6. The van der Waals surface area contributed by atoms with Gasteiger partial charge in [-0.05, 0) is 32.1 Å². The fourth-order valence-electron chi connectivity index (χ4n) is 2.19. The van der Waals surface area contributed by atoms with E-state index < -0.39 is 5.97 Å². The summed E-state index contributed by atoms with van der Waals surface area (Å²) in [4.78, 5) is 22.2. The summed E-state index contributed by atoms with van der Waals surface area (Å²) in [6, 6.07) is 0. The van der Waals surface area contributed by atoms with Crippen LogP contribution in [0.25, 0.3) is 0 Å². The number of rotatable bonds is 9. The maximum absolute atomic E-state index is 11.4. The van der Waals surface area contributed by atoms with Crippen LogP contribution in [0.5, 0.6) is 0 Å². The fourth-order valence-corrected chi connectivity index (χ4v) is 2.19. The largest absolute Gasteiger partial charge is 0.481 e. The van der Waals surface area contributed by atoms with Crippen molar-refractivity contribution in [3.05, 3.63) is 0 Å². The van der Waals surface area contributed by atoms with Gasteiger partial charge in [-0.3, -0.25) is 9.59 Å². The molecule has 21 heavy (non-hydrogen) atoms. The second kappa shape index (κ2) is 9.73. The molecule has 0 saturated heterocycles. The highest BCUT2D eigenvalue weighted by Gasteiger charge is 2.26. The first-order chi connectivity index (χ1) is 10.0. The van der Waals surface area contributed by atoms with E-state index in [9.17, 15) is 9.59 Å². The van der Waals surface area contributed by atoms with Crippen molar-refractivity contribution in [3.8, 4) is 0 Å². The summed E-state index contributed by atoms with van der Waals surface area (Å²) in [5, 5.41) is 8.89. The standard InChI is InChI=1S/C15H26O6/c1-3-11(2)15(18)20-9-8-19-10-21-13-6-4-12(5-7-13)14(16)17/h11-13H,3-10H2,1-2H3,(H,16,17). The van der Waals surface area contributed by atoms with Crippen molar-refractivity contribution in [3.63, 3.8) is 0 Å². The lowest BCUT2D eigenvalue weighted by atomic mass is 9.87. The minimum atomic E-state index is -0.715. The fraction of sp³-hybridized carbons (Fsp3) is 0.867. The summed E-state index contributed by atoms with van der Waals surface area (Å²) in [6.07, 6.45) is 3.66. The van der Waals surface area contributed by atoms with Crippen molar-refractivity contribution < 1.29 is 28.9 Å². The van der Waals surface area contributed by atoms with E-state index in [-0.39, 0.29) is 37.3 Å². The van der Waals surface area contributed by atoms with Crippen molar-refractivity contribution in [1.82, 2.24) is 0 Å². The molecule has 0 aromatic carbocycles. The predicted octanol–water partition coefficient (Wildman–Crippen LogP) is 2.21. The highest BCUT2D eigenvalue weighted by molar-refractivity contribution is 5.71. The number of carboxylic acids is 1. The topological polar surface area (TPSA) is 82.1 Å². The molecule has 6 nitrogen and oxygen atoms in total. The van der Waals surface area contributed by atoms with Gasteiger partial charge in [0.1, 0.15) is 13.4 Å². The maximum atomic E-state index is 11.4. The van der Waals surface area contributed by atoms with Gasteiger partial charge in [0, 0.05) is 0 Å². The van der Waals surface area contributed by atoms with Gasteiger partial charge in [-0.2, -0.15) is 0 Å². The summed E-state index contributed by atoms with van der Waals surface area (Å²) in [5.74, 6) is -1.22. The Morgan fingerprint density at radius 2 is 1.86 bits per heavy atom. The van der Waals surface area contributed by atoms with Gasteiger partial charge in [0.2, 0.25) is 0 Å². The first-order valence-electron chi connectivity index (χ1n) is 7.63. The maximum Gasteiger partial charge on any atom is 0.308 e. The molecule has 1 rings (SSSR count). The van der Waals surface area contributed by atoms with Gasteiger partial charge in [-0.1, -0.05) is 13.8 Å². The van der Waals surface area contributed by atoms with Crippen molar-refractivity contribution in [2.24, 2.45) is 11.8 Å². The number of ether oxygens (including phenoxy) is 3. The smallest absolute Gasteiger partial charge is 0.308 e. The third kappa shape index (κ3) is 6.91. The third-order valence-electron chi connectivity index (χ3n) is 3.90. The van der Waals surface area contributed by atoms with E-state index in [1.807, 2.05) is 13.8 Å². The quantitative estimate of drug-likeness (QED) is 0.399. The molecule has 1 saturated carbocycles. The van der Waals surface area contributed by atoms with Gasteiger partial charge in [0.15, 0.2) is 0 Å².